The van der Waals surface area contributed by atoms with Crippen molar-refractivity contribution in [3.8, 4) is 0 Å². The van der Waals surface area contributed by atoms with Gasteiger partial charge in [0.25, 0.3) is 0 Å². The maximum Gasteiger partial charge on any atom is 0.326 e. The molecule has 3 N–H and O–H groups in total. The number of amides is 2. The number of urea groups is 1. The number of rotatable bonds is 2. The Hall–Kier alpha value is -2.15. The van der Waals surface area contributed by atoms with Crippen LogP contribution in [0.15, 0.2) is 24.3 Å². The van der Waals surface area contributed by atoms with Crippen molar-refractivity contribution in [2.75, 3.05) is 11.9 Å². The molecule has 0 spiro atoms. The minimum absolute atomic E-state index is 0.00612. The van der Waals surface area contributed by atoms with Gasteiger partial charge in [-0.15, -0.1) is 0 Å². The van der Waals surface area contributed by atoms with Crippen molar-refractivity contribution in [1.29, 1.82) is 0 Å². The quantitative estimate of drug-likeness (QED) is 0.742. The molecule has 0 unspecified atom stereocenters. The molecule has 2 rings (SSSR count). The van der Waals surface area contributed by atoms with E-state index >= 15 is 0 Å². The summed E-state index contributed by atoms with van der Waals surface area (Å²) < 4.78 is 12.7. The van der Waals surface area contributed by atoms with Gasteiger partial charge in [-0.3, -0.25) is 0 Å². The second-order valence-electron chi connectivity index (χ2n) is 4.33. The van der Waals surface area contributed by atoms with E-state index in [9.17, 15) is 19.1 Å². The van der Waals surface area contributed by atoms with E-state index in [1.807, 2.05) is 0 Å². The maximum absolute atomic E-state index is 12.7. The summed E-state index contributed by atoms with van der Waals surface area (Å²) in [4.78, 5) is 23.9. The van der Waals surface area contributed by atoms with Crippen LogP contribution in [-0.2, 0) is 4.79 Å². The fourth-order valence-electron chi connectivity index (χ4n) is 2.00. The zero-order valence-corrected chi connectivity index (χ0v) is 9.91. The Balaban J connectivity index is 2.06. The highest BCUT2D eigenvalue weighted by atomic mass is 19.1. The Morgan fingerprint density at radius 1 is 1.32 bits per heavy atom. The first-order valence-corrected chi connectivity index (χ1v) is 5.71. The fourth-order valence-corrected chi connectivity index (χ4v) is 2.00. The van der Waals surface area contributed by atoms with E-state index in [0.29, 0.717) is 5.69 Å². The number of nitrogens with zero attached hydrogens (tertiary/aromatic N) is 1. The van der Waals surface area contributed by atoms with E-state index in [4.69, 9.17) is 5.11 Å². The van der Waals surface area contributed by atoms with E-state index < -0.39 is 30.0 Å². The van der Waals surface area contributed by atoms with Gasteiger partial charge in [0.1, 0.15) is 11.9 Å². The molecule has 6 nitrogen and oxygen atoms in total. The highest BCUT2D eigenvalue weighted by Crippen LogP contribution is 2.19. The average Bonchev–Trinajstić information content (AvgIpc) is 2.74. The number of benzene rings is 1. The molecule has 19 heavy (non-hydrogen) atoms. The lowest BCUT2D eigenvalue weighted by molar-refractivity contribution is -0.141. The summed E-state index contributed by atoms with van der Waals surface area (Å²) in [5.41, 5.74) is 0.358. The zero-order valence-electron chi connectivity index (χ0n) is 9.91. The molecule has 1 fully saturated rings. The Labute approximate surface area is 108 Å². The third-order valence-corrected chi connectivity index (χ3v) is 2.92. The Morgan fingerprint density at radius 2 is 1.95 bits per heavy atom. The number of nitrogens with one attached hydrogen (secondary N) is 1. The molecule has 2 atom stereocenters. The predicted molar refractivity (Wildman–Crippen MR) is 64.2 cm³/mol. The highest BCUT2D eigenvalue weighted by molar-refractivity contribution is 5.92. The molecule has 2 amide bonds. The van der Waals surface area contributed by atoms with Crippen LogP contribution < -0.4 is 5.32 Å². The first-order valence-electron chi connectivity index (χ1n) is 5.71. The van der Waals surface area contributed by atoms with Gasteiger partial charge in [-0.1, -0.05) is 0 Å². The minimum atomic E-state index is -1.16. The molecule has 0 bridgehead atoms. The number of aliphatic carboxylic acids is 1. The van der Waals surface area contributed by atoms with E-state index in [2.05, 4.69) is 5.32 Å². The first kappa shape index (κ1) is 13.3. The third-order valence-electron chi connectivity index (χ3n) is 2.92. The number of carbonyl (C=O) groups is 2. The maximum atomic E-state index is 12.7. The lowest BCUT2D eigenvalue weighted by Crippen LogP contribution is -2.43. The van der Waals surface area contributed by atoms with Gasteiger partial charge in [0.2, 0.25) is 0 Å². The Kier molecular flexibility index (Phi) is 3.66. The van der Waals surface area contributed by atoms with E-state index in [1.54, 1.807) is 0 Å². The van der Waals surface area contributed by atoms with Gasteiger partial charge in [-0.05, 0) is 24.3 Å². The lowest BCUT2D eigenvalue weighted by atomic mass is 10.2. The van der Waals surface area contributed by atoms with Crippen molar-refractivity contribution >= 4 is 17.7 Å². The molecule has 1 aromatic carbocycles. The summed E-state index contributed by atoms with van der Waals surface area (Å²) in [7, 11) is 0. The number of halogens is 1. The highest BCUT2D eigenvalue weighted by Gasteiger charge is 2.38. The molecule has 1 saturated heterocycles. The normalized spacial score (nSPS) is 22.3. The first-order chi connectivity index (χ1) is 8.97. The van der Waals surface area contributed by atoms with Crippen LogP contribution in [-0.4, -0.2) is 45.8 Å². The number of hydrogen-bond acceptors (Lipinski definition) is 3. The lowest BCUT2D eigenvalue weighted by Gasteiger charge is -2.21. The number of anilines is 1. The van der Waals surface area contributed by atoms with Crippen molar-refractivity contribution < 1.29 is 24.2 Å². The number of aliphatic hydroxyl groups excluding tert-OH is 1. The van der Waals surface area contributed by atoms with Gasteiger partial charge >= 0.3 is 12.0 Å². The summed E-state index contributed by atoms with van der Waals surface area (Å²) in [5.74, 6) is -1.59. The number of likely N-dealkylation sites (tertiary alicyclic amines) is 1. The van der Waals surface area contributed by atoms with E-state index in [0.717, 1.165) is 4.90 Å². The van der Waals surface area contributed by atoms with Crippen molar-refractivity contribution in [3.05, 3.63) is 30.1 Å². The SMILES string of the molecule is O=C(O)[C@@H]1C[C@H](O)CN1C(=O)Nc1ccc(F)cc1. The molecule has 102 valence electrons. The van der Waals surface area contributed by atoms with Crippen LogP contribution in [0.2, 0.25) is 0 Å². The van der Waals surface area contributed by atoms with Gasteiger partial charge in [0, 0.05) is 18.7 Å². The van der Waals surface area contributed by atoms with Crippen molar-refractivity contribution in [2.24, 2.45) is 0 Å². The largest absolute Gasteiger partial charge is 0.480 e. The number of carboxylic acids is 1. The third kappa shape index (κ3) is 3.00. The molecular weight excluding hydrogens is 255 g/mol. The van der Waals surface area contributed by atoms with Crippen molar-refractivity contribution in [2.45, 2.75) is 18.6 Å². The second-order valence-corrected chi connectivity index (χ2v) is 4.33. The fraction of sp³-hybridized carbons (Fsp3) is 0.333. The predicted octanol–water partition coefficient (Wildman–Crippen LogP) is 0.877. The molecule has 0 saturated carbocycles. The van der Waals surface area contributed by atoms with Crippen LogP contribution >= 0.6 is 0 Å². The summed E-state index contributed by atoms with van der Waals surface area (Å²) in [6.07, 6.45) is -0.841. The summed E-state index contributed by atoms with van der Waals surface area (Å²) in [6.45, 7) is -0.0377. The molecule has 1 aliphatic rings. The monoisotopic (exact) mass is 268 g/mol. The molecule has 1 heterocycles. The van der Waals surface area contributed by atoms with Gasteiger partial charge in [-0.2, -0.15) is 0 Å². The number of carbonyl (C=O) groups excluding carboxylic acids is 1. The minimum Gasteiger partial charge on any atom is -0.480 e. The standard InChI is InChI=1S/C12H13FN2O4/c13-7-1-3-8(4-2-7)14-12(19)15-6-9(16)5-10(15)11(17)18/h1-4,9-10,16H,5-6H2,(H,14,19)(H,17,18)/t9-,10-/m0/s1. The van der Waals surface area contributed by atoms with Gasteiger partial charge in [0.15, 0.2) is 0 Å². The smallest absolute Gasteiger partial charge is 0.326 e. The second kappa shape index (κ2) is 5.23. The molecular formula is C12H13FN2O4. The molecule has 7 heteroatoms. The summed E-state index contributed by atoms with van der Waals surface area (Å²) in [5, 5.41) is 20.9. The molecule has 0 aromatic heterocycles. The summed E-state index contributed by atoms with van der Waals surface area (Å²) >= 11 is 0. The van der Waals surface area contributed by atoms with Crippen LogP contribution in [0.1, 0.15) is 6.42 Å². The van der Waals surface area contributed by atoms with E-state index in [1.165, 1.54) is 24.3 Å². The van der Waals surface area contributed by atoms with Gasteiger partial charge in [0.05, 0.1) is 6.10 Å². The molecule has 0 aliphatic carbocycles. The topological polar surface area (TPSA) is 89.9 Å². The van der Waals surface area contributed by atoms with Crippen LogP contribution in [0, 0.1) is 5.82 Å². The summed E-state index contributed by atoms with van der Waals surface area (Å²) in [6, 6.07) is 3.43. The van der Waals surface area contributed by atoms with Crippen molar-refractivity contribution in [1.82, 2.24) is 4.90 Å². The number of aliphatic hydroxyl groups is 1. The Bertz CT molecular complexity index is 491. The zero-order chi connectivity index (χ0) is 14.0. The van der Waals surface area contributed by atoms with Crippen LogP contribution in [0.5, 0.6) is 0 Å². The molecule has 1 aromatic rings. The molecule has 1 aliphatic heterocycles. The average molecular weight is 268 g/mol. The van der Waals surface area contributed by atoms with Gasteiger partial charge in [-0.25, -0.2) is 14.0 Å². The molecule has 0 radical (unpaired) electrons. The van der Waals surface area contributed by atoms with Crippen LogP contribution in [0.4, 0.5) is 14.9 Å². The van der Waals surface area contributed by atoms with Crippen LogP contribution in [0.3, 0.4) is 0 Å². The van der Waals surface area contributed by atoms with Gasteiger partial charge < -0.3 is 20.4 Å². The Morgan fingerprint density at radius 3 is 2.53 bits per heavy atom. The van der Waals surface area contributed by atoms with Crippen molar-refractivity contribution in [3.63, 3.8) is 0 Å². The van der Waals surface area contributed by atoms with Crippen LogP contribution in [0.25, 0.3) is 0 Å². The van der Waals surface area contributed by atoms with E-state index in [-0.39, 0.29) is 13.0 Å². The number of carboxylic acid groups (broad SMARTS) is 1. The number of hydrogen-bond donors (Lipinski definition) is 3. The number of β-amino-alcohol motifs (C(OH)–C–C–N with tert-alkyl or cyclic N) is 1.